The van der Waals surface area contributed by atoms with Crippen LogP contribution in [0.15, 0.2) is 54.9 Å². The first-order valence-electron chi connectivity index (χ1n) is 4.98. The maximum Gasteiger partial charge on any atom is 0.227 e. The number of hydrogen-bond donors (Lipinski definition) is 0. The van der Waals surface area contributed by atoms with Crippen molar-refractivity contribution in [3.8, 4) is 0 Å². The quantitative estimate of drug-likeness (QED) is 0.630. The van der Waals surface area contributed by atoms with E-state index in [0.717, 1.165) is 0 Å². The zero-order valence-electron chi connectivity index (χ0n) is 9.04. The number of benzene rings is 1. The number of carbonyl (C=O) groups is 1. The highest BCUT2D eigenvalue weighted by atomic mass is 79.9. The van der Waals surface area contributed by atoms with Gasteiger partial charge in [0.1, 0.15) is 0 Å². The summed E-state index contributed by atoms with van der Waals surface area (Å²) in [5.74, 6) is 0.0767. The van der Waals surface area contributed by atoms with Gasteiger partial charge in [-0.2, -0.15) is 4.57 Å². The van der Waals surface area contributed by atoms with E-state index in [1.54, 1.807) is 24.3 Å². The van der Waals surface area contributed by atoms with Crippen molar-refractivity contribution in [3.05, 3.63) is 65.4 Å². The molecule has 0 fully saturated rings. The van der Waals surface area contributed by atoms with Crippen LogP contribution in [0.1, 0.15) is 10.4 Å². The van der Waals surface area contributed by atoms with E-state index >= 15 is 0 Å². The van der Waals surface area contributed by atoms with Gasteiger partial charge < -0.3 is 0 Å². The maximum absolute atomic E-state index is 11.9. The van der Waals surface area contributed by atoms with Crippen molar-refractivity contribution in [2.45, 2.75) is 6.54 Å². The Kier molecular flexibility index (Phi) is 5.32. The van der Waals surface area contributed by atoms with Crippen LogP contribution in [-0.2, 0) is 6.54 Å². The fourth-order valence-corrected chi connectivity index (χ4v) is 1.56. The number of nitrogens with zero attached hydrogens (tertiary/aromatic N) is 1. The third kappa shape index (κ3) is 3.95. The predicted molar refractivity (Wildman–Crippen MR) is 72.7 cm³/mol. The van der Waals surface area contributed by atoms with Crippen LogP contribution < -0.4 is 4.57 Å². The van der Waals surface area contributed by atoms with Gasteiger partial charge in [0, 0.05) is 22.7 Å². The van der Waals surface area contributed by atoms with Crippen molar-refractivity contribution < 1.29 is 9.36 Å². The topological polar surface area (TPSA) is 20.9 Å². The van der Waals surface area contributed by atoms with E-state index in [9.17, 15) is 4.79 Å². The van der Waals surface area contributed by atoms with Gasteiger partial charge in [0.15, 0.2) is 12.4 Å². The first-order valence-corrected chi connectivity index (χ1v) is 5.36. The van der Waals surface area contributed by atoms with Gasteiger partial charge in [-0.15, -0.1) is 17.0 Å². The van der Waals surface area contributed by atoms with Crippen molar-refractivity contribution in [1.29, 1.82) is 0 Å². The number of pyridine rings is 1. The van der Waals surface area contributed by atoms with Gasteiger partial charge in [0.05, 0.1) is 0 Å². The minimum absolute atomic E-state index is 0. The first kappa shape index (κ1) is 13.9. The maximum atomic E-state index is 11.9. The molecule has 1 aromatic carbocycles. The third-order valence-corrected chi connectivity index (χ3v) is 2.52. The molecule has 2 aromatic rings. The van der Waals surface area contributed by atoms with Crippen LogP contribution in [0.4, 0.5) is 0 Å². The van der Waals surface area contributed by atoms with Gasteiger partial charge in [-0.25, -0.2) is 0 Å². The monoisotopic (exact) mass is 312 g/mol. The molecule has 2 nitrogen and oxygen atoms in total. The van der Waals surface area contributed by atoms with Gasteiger partial charge in [-0.05, 0) is 24.3 Å². The minimum atomic E-state index is 0. The summed E-state index contributed by atoms with van der Waals surface area (Å²) in [6, 6.07) is 12.7. The normalized spacial score (nSPS) is 9.47. The average molecular weight is 314 g/mol. The molecule has 1 heterocycles. The van der Waals surface area contributed by atoms with Gasteiger partial charge in [0.25, 0.3) is 0 Å². The van der Waals surface area contributed by atoms with Crippen molar-refractivity contribution >= 4 is 34.4 Å². The highest BCUT2D eigenvalue weighted by molar-refractivity contribution is 8.93. The van der Waals surface area contributed by atoms with Gasteiger partial charge >= 0.3 is 0 Å². The lowest BCUT2D eigenvalue weighted by atomic mass is 10.1. The SMILES string of the molecule is Br.O=C(C[n+]1ccccc1)c1ccc(Cl)cc1. The fraction of sp³-hybridized carbons (Fsp3) is 0.0769. The molecule has 17 heavy (non-hydrogen) atoms. The summed E-state index contributed by atoms with van der Waals surface area (Å²) in [6.07, 6.45) is 3.74. The van der Waals surface area contributed by atoms with Crippen LogP contribution in [0, 0.1) is 0 Å². The number of aromatic nitrogens is 1. The lowest BCUT2D eigenvalue weighted by Crippen LogP contribution is -2.36. The number of rotatable bonds is 3. The number of halogens is 2. The number of ketones is 1. The van der Waals surface area contributed by atoms with Crippen molar-refractivity contribution in [2.24, 2.45) is 0 Å². The van der Waals surface area contributed by atoms with E-state index in [2.05, 4.69) is 0 Å². The third-order valence-electron chi connectivity index (χ3n) is 2.27. The summed E-state index contributed by atoms with van der Waals surface area (Å²) in [5, 5.41) is 0.643. The van der Waals surface area contributed by atoms with Crippen LogP contribution in [0.5, 0.6) is 0 Å². The summed E-state index contributed by atoms with van der Waals surface area (Å²) in [5.41, 5.74) is 0.681. The summed E-state index contributed by atoms with van der Waals surface area (Å²) in [4.78, 5) is 11.9. The zero-order valence-corrected chi connectivity index (χ0v) is 11.5. The highest BCUT2D eigenvalue weighted by Crippen LogP contribution is 2.09. The second-order valence-electron chi connectivity index (χ2n) is 3.48. The molecular formula is C13H12BrClNO+. The molecule has 4 heteroatoms. The second kappa shape index (κ2) is 6.52. The van der Waals surface area contributed by atoms with Crippen LogP contribution >= 0.6 is 28.6 Å². The molecule has 2 rings (SSSR count). The Morgan fingerprint density at radius 1 is 1.06 bits per heavy atom. The highest BCUT2D eigenvalue weighted by Gasteiger charge is 2.10. The van der Waals surface area contributed by atoms with Crippen molar-refractivity contribution in [3.63, 3.8) is 0 Å². The predicted octanol–water partition coefficient (Wildman–Crippen LogP) is 3.09. The molecule has 0 amide bonds. The molecule has 0 atom stereocenters. The van der Waals surface area contributed by atoms with Crippen LogP contribution in [0.3, 0.4) is 0 Å². The van der Waals surface area contributed by atoms with E-state index < -0.39 is 0 Å². The largest absolute Gasteiger partial charge is 0.287 e. The van der Waals surface area contributed by atoms with Gasteiger partial charge in [0.2, 0.25) is 12.3 Å². The fourth-order valence-electron chi connectivity index (χ4n) is 1.43. The smallest absolute Gasteiger partial charge is 0.227 e. The van der Waals surface area contributed by atoms with Gasteiger partial charge in [-0.3, -0.25) is 4.79 Å². The Bertz CT molecular complexity index is 485. The van der Waals surface area contributed by atoms with Crippen LogP contribution in [-0.4, -0.2) is 5.78 Å². The second-order valence-corrected chi connectivity index (χ2v) is 3.91. The molecular weight excluding hydrogens is 302 g/mol. The molecule has 0 aliphatic rings. The summed E-state index contributed by atoms with van der Waals surface area (Å²) >= 11 is 5.76. The standard InChI is InChI=1S/C13H11ClNO.BrH/c14-12-6-4-11(5-7-12)13(16)10-15-8-2-1-3-9-15;/h1-9H,10H2;1H/q+1;. The average Bonchev–Trinajstić information content (AvgIpc) is 2.31. The first-order chi connectivity index (χ1) is 7.75. The summed E-state index contributed by atoms with van der Waals surface area (Å²) in [6.45, 7) is 0.350. The molecule has 0 saturated heterocycles. The molecule has 0 aliphatic heterocycles. The lowest BCUT2D eigenvalue weighted by Gasteiger charge is -1.98. The van der Waals surface area contributed by atoms with E-state index in [1.165, 1.54) is 0 Å². The van der Waals surface area contributed by atoms with Crippen LogP contribution in [0.2, 0.25) is 5.02 Å². The number of hydrogen-bond acceptors (Lipinski definition) is 1. The Morgan fingerprint density at radius 2 is 1.65 bits per heavy atom. The van der Waals surface area contributed by atoms with E-state index in [1.807, 2.05) is 35.2 Å². The summed E-state index contributed by atoms with van der Waals surface area (Å²) < 4.78 is 1.84. The molecule has 0 bridgehead atoms. The van der Waals surface area contributed by atoms with E-state index in [4.69, 9.17) is 11.6 Å². The lowest BCUT2D eigenvalue weighted by molar-refractivity contribution is -0.683. The number of carbonyl (C=O) groups excluding carboxylic acids is 1. The Balaban J connectivity index is 0.00000144. The van der Waals surface area contributed by atoms with E-state index in [-0.39, 0.29) is 22.8 Å². The molecule has 0 saturated carbocycles. The molecule has 0 aliphatic carbocycles. The molecule has 0 spiro atoms. The number of Topliss-reactive ketones (excluding diaryl/α,β-unsaturated/α-hetero) is 1. The van der Waals surface area contributed by atoms with Crippen molar-refractivity contribution in [1.82, 2.24) is 0 Å². The minimum Gasteiger partial charge on any atom is -0.287 e. The molecule has 88 valence electrons. The van der Waals surface area contributed by atoms with Gasteiger partial charge in [-0.1, -0.05) is 17.7 Å². The Labute approximate surface area is 116 Å². The van der Waals surface area contributed by atoms with Crippen molar-refractivity contribution in [2.75, 3.05) is 0 Å². The molecule has 1 aromatic heterocycles. The zero-order chi connectivity index (χ0) is 11.4. The summed E-state index contributed by atoms with van der Waals surface area (Å²) in [7, 11) is 0. The Hall–Kier alpha value is -1.19. The molecule has 0 radical (unpaired) electrons. The molecule has 0 unspecified atom stereocenters. The Morgan fingerprint density at radius 3 is 2.24 bits per heavy atom. The van der Waals surface area contributed by atoms with E-state index in [0.29, 0.717) is 17.1 Å². The van der Waals surface area contributed by atoms with Crippen LogP contribution in [0.25, 0.3) is 0 Å². The molecule has 0 N–H and O–H groups in total.